The van der Waals surface area contributed by atoms with Crippen LogP contribution in [0.3, 0.4) is 0 Å². The van der Waals surface area contributed by atoms with Gasteiger partial charge in [-0.3, -0.25) is 4.79 Å². The van der Waals surface area contributed by atoms with Crippen molar-refractivity contribution in [2.45, 2.75) is 38.1 Å². The molecule has 0 saturated heterocycles. The lowest BCUT2D eigenvalue weighted by Crippen LogP contribution is -2.44. The van der Waals surface area contributed by atoms with Crippen molar-refractivity contribution < 1.29 is 4.79 Å². The number of nitriles is 1. The number of hydrogen-bond donors (Lipinski definition) is 1. The molecule has 1 saturated carbocycles. The summed E-state index contributed by atoms with van der Waals surface area (Å²) < 4.78 is 0. The third kappa shape index (κ3) is 2.32. The first-order valence-electron chi connectivity index (χ1n) is 4.58. The molecule has 1 aliphatic rings. The summed E-state index contributed by atoms with van der Waals surface area (Å²) in [6.45, 7) is 1.78. The molecular weight excluding hydrogens is 164 g/mol. The quantitative estimate of drug-likeness (QED) is 0.652. The lowest BCUT2D eigenvalue weighted by atomic mass is 10.00. The highest BCUT2D eigenvalue weighted by Gasteiger charge is 2.34. The van der Waals surface area contributed by atoms with Crippen LogP contribution in [0.2, 0.25) is 0 Å². The smallest absolute Gasteiger partial charge is 0.244 e. The highest BCUT2D eigenvalue weighted by molar-refractivity contribution is 5.88. The topological polar surface area (TPSA) is 52.9 Å². The van der Waals surface area contributed by atoms with E-state index in [1.165, 1.54) is 6.08 Å². The van der Waals surface area contributed by atoms with Gasteiger partial charge in [-0.15, -0.1) is 0 Å². The van der Waals surface area contributed by atoms with E-state index in [9.17, 15) is 4.79 Å². The molecule has 1 amide bonds. The Morgan fingerprint density at radius 3 is 2.62 bits per heavy atom. The Kier molecular flexibility index (Phi) is 3.07. The van der Waals surface area contributed by atoms with Gasteiger partial charge in [0, 0.05) is 0 Å². The van der Waals surface area contributed by atoms with Crippen LogP contribution in [-0.2, 0) is 4.79 Å². The summed E-state index contributed by atoms with van der Waals surface area (Å²) >= 11 is 0. The number of nitrogens with zero attached hydrogens (tertiary/aromatic N) is 1. The van der Waals surface area contributed by atoms with Gasteiger partial charge >= 0.3 is 0 Å². The second-order valence-corrected chi connectivity index (χ2v) is 3.39. The van der Waals surface area contributed by atoms with Crippen LogP contribution in [0.25, 0.3) is 0 Å². The molecule has 1 aliphatic carbocycles. The normalized spacial score (nSPS) is 20.0. The number of carbonyl (C=O) groups excluding carboxylic acids is 1. The zero-order chi connectivity index (χ0) is 9.73. The number of carbonyl (C=O) groups is 1. The van der Waals surface area contributed by atoms with Gasteiger partial charge in [-0.2, -0.15) is 5.26 Å². The first kappa shape index (κ1) is 9.79. The minimum atomic E-state index is -0.587. The molecular formula is C10H14N2O. The molecule has 0 radical (unpaired) electrons. The average molecular weight is 178 g/mol. The maximum atomic E-state index is 11.2. The molecule has 0 bridgehead atoms. The van der Waals surface area contributed by atoms with Crippen LogP contribution in [-0.4, -0.2) is 11.4 Å². The summed E-state index contributed by atoms with van der Waals surface area (Å²) in [4.78, 5) is 11.2. The summed E-state index contributed by atoms with van der Waals surface area (Å²) in [5, 5.41) is 11.7. The Balaban J connectivity index is 2.59. The molecule has 3 nitrogen and oxygen atoms in total. The van der Waals surface area contributed by atoms with Crippen molar-refractivity contribution in [1.82, 2.24) is 5.32 Å². The number of nitrogens with one attached hydrogen (secondary N) is 1. The molecule has 1 fully saturated rings. The van der Waals surface area contributed by atoms with Gasteiger partial charge in [-0.1, -0.05) is 6.08 Å². The van der Waals surface area contributed by atoms with Gasteiger partial charge in [0.15, 0.2) is 0 Å². The molecule has 0 unspecified atom stereocenters. The standard InChI is InChI=1S/C10H14N2O/c1-2-5-9(13)12-10(8-11)6-3-4-7-10/h2,5H,3-4,6-7H2,1H3,(H,12,13)/b5-2+. The van der Waals surface area contributed by atoms with Crippen LogP contribution in [0.5, 0.6) is 0 Å². The third-order valence-corrected chi connectivity index (χ3v) is 2.35. The third-order valence-electron chi connectivity index (χ3n) is 2.35. The minimum Gasteiger partial charge on any atom is -0.334 e. The second-order valence-electron chi connectivity index (χ2n) is 3.39. The van der Waals surface area contributed by atoms with Gasteiger partial charge in [-0.05, 0) is 38.7 Å². The van der Waals surface area contributed by atoms with Gasteiger partial charge in [0.05, 0.1) is 6.07 Å². The lowest BCUT2D eigenvalue weighted by Gasteiger charge is -2.20. The van der Waals surface area contributed by atoms with Crippen LogP contribution in [0.15, 0.2) is 12.2 Å². The summed E-state index contributed by atoms with van der Waals surface area (Å²) in [5.41, 5.74) is -0.587. The first-order chi connectivity index (χ1) is 6.22. The first-order valence-corrected chi connectivity index (χ1v) is 4.58. The van der Waals surface area contributed by atoms with E-state index < -0.39 is 5.54 Å². The van der Waals surface area contributed by atoms with Gasteiger partial charge in [0.2, 0.25) is 5.91 Å². The summed E-state index contributed by atoms with van der Waals surface area (Å²) in [7, 11) is 0. The van der Waals surface area contributed by atoms with Crippen LogP contribution < -0.4 is 5.32 Å². The fourth-order valence-electron chi connectivity index (χ4n) is 1.67. The van der Waals surface area contributed by atoms with E-state index in [0.717, 1.165) is 25.7 Å². The molecule has 0 aromatic rings. The van der Waals surface area contributed by atoms with E-state index in [1.807, 2.05) is 0 Å². The van der Waals surface area contributed by atoms with Crippen molar-refractivity contribution in [3.8, 4) is 6.07 Å². The summed E-state index contributed by atoms with van der Waals surface area (Å²) in [5.74, 6) is -0.161. The van der Waals surface area contributed by atoms with Gasteiger partial charge in [0.25, 0.3) is 0 Å². The molecule has 0 aromatic heterocycles. The fourth-order valence-corrected chi connectivity index (χ4v) is 1.67. The number of amides is 1. The highest BCUT2D eigenvalue weighted by Crippen LogP contribution is 2.28. The maximum absolute atomic E-state index is 11.2. The average Bonchev–Trinajstić information content (AvgIpc) is 2.54. The van der Waals surface area contributed by atoms with E-state index in [4.69, 9.17) is 5.26 Å². The van der Waals surface area contributed by atoms with E-state index in [-0.39, 0.29) is 5.91 Å². The summed E-state index contributed by atoms with van der Waals surface area (Å²) in [6.07, 6.45) is 6.76. The molecule has 1 rings (SSSR count). The van der Waals surface area contributed by atoms with Crippen molar-refractivity contribution >= 4 is 5.91 Å². The second kappa shape index (κ2) is 4.08. The fraction of sp³-hybridized carbons (Fsp3) is 0.600. The van der Waals surface area contributed by atoms with Crippen molar-refractivity contribution in [2.24, 2.45) is 0 Å². The van der Waals surface area contributed by atoms with E-state index in [0.29, 0.717) is 0 Å². The molecule has 3 heteroatoms. The van der Waals surface area contributed by atoms with Crippen LogP contribution in [0, 0.1) is 11.3 Å². The monoisotopic (exact) mass is 178 g/mol. The number of hydrogen-bond acceptors (Lipinski definition) is 2. The molecule has 70 valence electrons. The van der Waals surface area contributed by atoms with Gasteiger partial charge in [-0.25, -0.2) is 0 Å². The number of rotatable bonds is 2. The maximum Gasteiger partial charge on any atom is 0.244 e. The van der Waals surface area contributed by atoms with E-state index in [2.05, 4.69) is 11.4 Å². The Morgan fingerprint density at radius 2 is 2.15 bits per heavy atom. The minimum absolute atomic E-state index is 0.161. The van der Waals surface area contributed by atoms with Crippen LogP contribution >= 0.6 is 0 Å². The van der Waals surface area contributed by atoms with Crippen molar-refractivity contribution in [1.29, 1.82) is 5.26 Å². The van der Waals surface area contributed by atoms with Crippen molar-refractivity contribution in [3.05, 3.63) is 12.2 Å². The van der Waals surface area contributed by atoms with E-state index in [1.54, 1.807) is 13.0 Å². The molecule has 13 heavy (non-hydrogen) atoms. The lowest BCUT2D eigenvalue weighted by molar-refractivity contribution is -0.117. The van der Waals surface area contributed by atoms with Crippen molar-refractivity contribution in [3.63, 3.8) is 0 Å². The number of allylic oxidation sites excluding steroid dienone is 1. The Bertz CT molecular complexity index is 257. The summed E-state index contributed by atoms with van der Waals surface area (Å²) in [6, 6.07) is 2.20. The molecule has 0 spiro atoms. The Hall–Kier alpha value is -1.30. The molecule has 0 aromatic carbocycles. The molecule has 0 aliphatic heterocycles. The van der Waals surface area contributed by atoms with Crippen molar-refractivity contribution in [2.75, 3.05) is 0 Å². The molecule has 1 N–H and O–H groups in total. The largest absolute Gasteiger partial charge is 0.334 e. The van der Waals surface area contributed by atoms with Crippen LogP contribution in [0.1, 0.15) is 32.6 Å². The highest BCUT2D eigenvalue weighted by atomic mass is 16.1. The van der Waals surface area contributed by atoms with E-state index >= 15 is 0 Å². The zero-order valence-electron chi connectivity index (χ0n) is 7.84. The predicted molar refractivity (Wildman–Crippen MR) is 49.8 cm³/mol. The SMILES string of the molecule is C/C=C/C(=O)NC1(C#N)CCCC1. The Morgan fingerprint density at radius 1 is 1.54 bits per heavy atom. The van der Waals surface area contributed by atoms with Gasteiger partial charge in [0.1, 0.15) is 5.54 Å². The van der Waals surface area contributed by atoms with Gasteiger partial charge < -0.3 is 5.32 Å². The zero-order valence-corrected chi connectivity index (χ0v) is 7.84. The predicted octanol–water partition coefficient (Wildman–Crippen LogP) is 1.52. The molecule has 0 atom stereocenters. The Labute approximate surface area is 78.4 Å². The van der Waals surface area contributed by atoms with Crippen LogP contribution in [0.4, 0.5) is 0 Å². The molecule has 0 heterocycles.